The maximum Gasteiger partial charge on any atom is 0.142 e. The first-order valence-corrected chi connectivity index (χ1v) is 19.4. The zero-order valence-electron chi connectivity index (χ0n) is 31.4. The van der Waals surface area contributed by atoms with Crippen molar-refractivity contribution >= 4 is 27.8 Å². The van der Waals surface area contributed by atoms with Crippen LogP contribution in [0.2, 0.25) is 0 Å². The summed E-state index contributed by atoms with van der Waals surface area (Å²) in [7, 11) is 1.76. The number of aliphatic hydroxyl groups is 2. The number of carbonyl (C=O) groups is 1. The van der Waals surface area contributed by atoms with Gasteiger partial charge in [0.1, 0.15) is 6.29 Å². The SMILES string of the molecule is C=C(CO)COCCC(COC)c1ccc2c(ccc3cc(CCC4CCC(C5CCC(CCC)CC5)CC4)ccc32)c1.C=CC=O.CCO. The predicted octanol–water partition coefficient (Wildman–Crippen LogP) is 10.4. The van der Waals surface area contributed by atoms with Crippen LogP contribution in [0.15, 0.2) is 73.3 Å². The molecule has 0 bridgehead atoms. The lowest BCUT2D eigenvalue weighted by molar-refractivity contribution is -0.104. The van der Waals surface area contributed by atoms with Crippen LogP contribution in [0.3, 0.4) is 0 Å². The predicted molar refractivity (Wildman–Crippen MR) is 211 cm³/mol. The summed E-state index contributed by atoms with van der Waals surface area (Å²) >= 11 is 0. The maximum atomic E-state index is 9.14. The Morgan fingerprint density at radius 1 is 0.860 bits per heavy atom. The minimum Gasteiger partial charge on any atom is -0.397 e. The summed E-state index contributed by atoms with van der Waals surface area (Å²) in [6, 6.07) is 18.6. The first-order valence-electron chi connectivity index (χ1n) is 19.4. The van der Waals surface area contributed by atoms with Gasteiger partial charge in [0.15, 0.2) is 0 Å². The van der Waals surface area contributed by atoms with Gasteiger partial charge in [0.05, 0.1) is 19.8 Å². The molecule has 5 nitrogen and oxygen atoms in total. The highest BCUT2D eigenvalue weighted by atomic mass is 16.5. The van der Waals surface area contributed by atoms with E-state index in [1.807, 2.05) is 0 Å². The Morgan fingerprint density at radius 3 is 1.96 bits per heavy atom. The molecule has 0 aliphatic heterocycles. The Kier molecular flexibility index (Phi) is 19.6. The van der Waals surface area contributed by atoms with Gasteiger partial charge in [0.2, 0.25) is 0 Å². The van der Waals surface area contributed by atoms with Crippen LogP contribution in [-0.2, 0) is 20.7 Å². The van der Waals surface area contributed by atoms with Crippen LogP contribution in [0, 0.1) is 23.7 Å². The van der Waals surface area contributed by atoms with Crippen LogP contribution in [0.1, 0.15) is 108 Å². The van der Waals surface area contributed by atoms with Gasteiger partial charge >= 0.3 is 0 Å². The van der Waals surface area contributed by atoms with Gasteiger partial charge in [0.25, 0.3) is 0 Å². The van der Waals surface area contributed by atoms with Gasteiger partial charge < -0.3 is 19.7 Å². The Balaban J connectivity index is 0.000000887. The van der Waals surface area contributed by atoms with Crippen LogP contribution in [0.25, 0.3) is 21.5 Å². The van der Waals surface area contributed by atoms with E-state index in [1.54, 1.807) is 14.0 Å². The fraction of sp³-hybridized carbons (Fsp3) is 0.578. The number of carbonyl (C=O) groups excluding carboxylic acids is 1. The summed E-state index contributed by atoms with van der Waals surface area (Å²) < 4.78 is 11.3. The molecule has 2 aliphatic carbocycles. The van der Waals surface area contributed by atoms with Gasteiger partial charge in [-0.15, -0.1) is 0 Å². The first-order chi connectivity index (χ1) is 24.4. The zero-order valence-corrected chi connectivity index (χ0v) is 31.4. The highest BCUT2D eigenvalue weighted by Gasteiger charge is 2.30. The second kappa shape index (κ2) is 23.6. The number of allylic oxidation sites excluding steroid dienone is 1. The number of aryl methyl sites for hydroxylation is 1. The Morgan fingerprint density at radius 2 is 1.42 bits per heavy atom. The van der Waals surface area contributed by atoms with Crippen LogP contribution < -0.4 is 0 Å². The smallest absolute Gasteiger partial charge is 0.142 e. The largest absolute Gasteiger partial charge is 0.397 e. The molecule has 3 aromatic rings. The van der Waals surface area contributed by atoms with E-state index in [9.17, 15) is 0 Å². The summed E-state index contributed by atoms with van der Waals surface area (Å²) in [6.45, 7) is 12.9. The monoisotopic (exact) mass is 686 g/mol. The highest BCUT2D eigenvalue weighted by Crippen LogP contribution is 2.43. The molecular formula is C45H66O5. The van der Waals surface area contributed by atoms with Crippen LogP contribution in [0.5, 0.6) is 0 Å². The van der Waals surface area contributed by atoms with Crippen molar-refractivity contribution in [1.29, 1.82) is 0 Å². The average molecular weight is 687 g/mol. The molecule has 2 aliphatic rings. The minimum absolute atomic E-state index is 0.0253. The summed E-state index contributed by atoms with van der Waals surface area (Å²) in [5, 5.41) is 22.0. The van der Waals surface area contributed by atoms with Crippen molar-refractivity contribution in [1.82, 2.24) is 0 Å². The van der Waals surface area contributed by atoms with Gasteiger partial charge in [-0.05, 0) is 120 Å². The molecule has 0 saturated heterocycles. The summed E-state index contributed by atoms with van der Waals surface area (Å²) in [4.78, 5) is 9.06. The van der Waals surface area contributed by atoms with E-state index in [2.05, 4.69) is 68.6 Å². The second-order valence-corrected chi connectivity index (χ2v) is 14.6. The molecule has 0 spiro atoms. The van der Waals surface area contributed by atoms with Crippen LogP contribution in [-0.4, -0.2) is 56.6 Å². The summed E-state index contributed by atoms with van der Waals surface area (Å²) in [5.74, 6) is 4.26. The number of aldehydes is 1. The van der Waals surface area contributed by atoms with E-state index in [0.717, 1.165) is 30.1 Å². The van der Waals surface area contributed by atoms with Crippen molar-refractivity contribution in [2.45, 2.75) is 103 Å². The third kappa shape index (κ3) is 13.4. The van der Waals surface area contributed by atoms with Gasteiger partial charge in [-0.1, -0.05) is 107 Å². The average Bonchev–Trinajstić information content (AvgIpc) is 3.15. The summed E-state index contributed by atoms with van der Waals surface area (Å²) in [6.07, 6.45) is 20.0. The number of hydrogen-bond donors (Lipinski definition) is 2. The van der Waals surface area contributed by atoms with Gasteiger partial charge in [-0.3, -0.25) is 4.79 Å². The van der Waals surface area contributed by atoms with Crippen molar-refractivity contribution in [2.75, 3.05) is 40.1 Å². The van der Waals surface area contributed by atoms with Crippen molar-refractivity contribution in [3.63, 3.8) is 0 Å². The lowest BCUT2D eigenvalue weighted by Gasteiger charge is -2.38. The van der Waals surface area contributed by atoms with E-state index in [0.29, 0.717) is 31.7 Å². The quantitative estimate of drug-likeness (QED) is 0.0516. The number of fused-ring (bicyclic) bond motifs is 3. The highest BCUT2D eigenvalue weighted by molar-refractivity contribution is 6.07. The molecule has 1 atom stereocenters. The minimum atomic E-state index is -0.0253. The fourth-order valence-electron chi connectivity index (χ4n) is 8.26. The third-order valence-corrected chi connectivity index (χ3v) is 11.0. The molecular weight excluding hydrogens is 620 g/mol. The topological polar surface area (TPSA) is 76.0 Å². The van der Waals surface area contributed by atoms with Gasteiger partial charge in [-0.2, -0.15) is 0 Å². The zero-order chi connectivity index (χ0) is 36.1. The van der Waals surface area contributed by atoms with E-state index < -0.39 is 0 Å². The molecule has 5 heteroatoms. The summed E-state index contributed by atoms with van der Waals surface area (Å²) in [5.41, 5.74) is 3.49. The third-order valence-electron chi connectivity index (χ3n) is 11.0. The Labute approximate surface area is 303 Å². The van der Waals surface area contributed by atoms with Crippen molar-refractivity contribution in [3.05, 3.63) is 84.5 Å². The van der Waals surface area contributed by atoms with Crippen LogP contribution >= 0.6 is 0 Å². The lowest BCUT2D eigenvalue weighted by atomic mass is 9.68. The molecule has 5 rings (SSSR count). The van der Waals surface area contributed by atoms with Gasteiger partial charge in [-0.25, -0.2) is 0 Å². The van der Waals surface area contributed by atoms with Crippen molar-refractivity contribution in [2.24, 2.45) is 23.7 Å². The molecule has 50 heavy (non-hydrogen) atoms. The number of hydrogen-bond acceptors (Lipinski definition) is 5. The normalized spacial score (nSPS) is 21.0. The number of aliphatic hydroxyl groups excluding tert-OH is 2. The molecule has 276 valence electrons. The molecule has 3 aromatic carbocycles. The Hall–Kier alpha value is -2.83. The molecule has 0 heterocycles. The molecule has 2 fully saturated rings. The molecule has 0 radical (unpaired) electrons. The molecule has 2 saturated carbocycles. The first kappa shape index (κ1) is 41.6. The number of benzene rings is 3. The van der Waals surface area contributed by atoms with Gasteiger partial charge in [0, 0.05) is 26.2 Å². The standard InChI is InChI=1S/C40H56O3.C3H4O.C2H6O/c1-4-5-30-8-13-33(14-9-30)34-15-10-31(11-16-34)6-7-32-12-20-39-36(24-32)17-18-37-25-35(19-21-40(37)39)38(28-42-3)22-23-43-27-29(2)26-41;1-2-3-4;1-2-3/h12,17-21,24-25,30-31,33-34,38,41H,2,4-11,13-16,22-23,26-28H2,1,3H3;2-3H,1H2;3H,2H2,1H3. The lowest BCUT2D eigenvalue weighted by Crippen LogP contribution is -2.26. The van der Waals surface area contributed by atoms with Crippen molar-refractivity contribution < 1.29 is 24.5 Å². The maximum absolute atomic E-state index is 9.14. The van der Waals surface area contributed by atoms with E-state index in [4.69, 9.17) is 24.5 Å². The number of rotatable bonds is 16. The number of ether oxygens (including phenoxy) is 2. The van der Waals surface area contributed by atoms with E-state index in [1.165, 1.54) is 116 Å². The van der Waals surface area contributed by atoms with E-state index >= 15 is 0 Å². The van der Waals surface area contributed by atoms with Crippen molar-refractivity contribution in [3.8, 4) is 0 Å². The van der Waals surface area contributed by atoms with E-state index in [-0.39, 0.29) is 19.1 Å². The molecule has 0 amide bonds. The molecule has 1 unspecified atom stereocenters. The van der Waals surface area contributed by atoms with Crippen LogP contribution in [0.4, 0.5) is 0 Å². The second-order valence-electron chi connectivity index (χ2n) is 14.6. The molecule has 2 N–H and O–H groups in total. The fourth-order valence-corrected chi connectivity index (χ4v) is 8.26. The Bertz CT molecular complexity index is 1410. The molecule has 0 aromatic heterocycles. The number of methoxy groups -OCH3 is 1.